The Kier molecular flexibility index (Phi) is 10.5. The van der Waals surface area contributed by atoms with Gasteiger partial charge in [0, 0.05) is 30.9 Å². The molecule has 0 atom stereocenters. The molecule has 0 aliphatic heterocycles. The second kappa shape index (κ2) is 14.5. The van der Waals surface area contributed by atoms with Gasteiger partial charge in [0.05, 0.1) is 0 Å². The van der Waals surface area contributed by atoms with Crippen LogP contribution in [0.1, 0.15) is 55.5 Å². The van der Waals surface area contributed by atoms with Gasteiger partial charge in [0.2, 0.25) is 0 Å². The highest BCUT2D eigenvalue weighted by Crippen LogP contribution is 2.28. The van der Waals surface area contributed by atoms with Gasteiger partial charge in [-0.05, 0) is 99.2 Å². The minimum atomic E-state index is 1.01. The smallest absolute Gasteiger partial charge is 0.199 e. The maximum absolute atomic E-state index is 2.38. The standard InChI is InChI=1S/C39H45N2/c1-7-40(8-2)36-26-22-34(23-27-36)38(32-18-14-30(5)15-19-32)12-11-13-39(33-20-16-31(6)17-21-33)35-24-28-37(29-25-35)41(9-3)10-4/h11-29H,7-10H2,1-6H3/q+1. The molecule has 0 unspecified atom stereocenters. The molecule has 4 rings (SSSR count). The normalized spacial score (nSPS) is 13.3. The summed E-state index contributed by atoms with van der Waals surface area (Å²) in [6.45, 7) is 17.1. The van der Waals surface area contributed by atoms with Gasteiger partial charge in [0.15, 0.2) is 5.71 Å². The fourth-order valence-electron chi connectivity index (χ4n) is 5.31. The van der Waals surface area contributed by atoms with Gasteiger partial charge in [0.25, 0.3) is 0 Å². The van der Waals surface area contributed by atoms with Crippen LogP contribution >= 0.6 is 0 Å². The van der Waals surface area contributed by atoms with Crippen LogP contribution in [0.3, 0.4) is 0 Å². The second-order valence-electron chi connectivity index (χ2n) is 10.5. The van der Waals surface area contributed by atoms with Crippen LogP contribution < -0.4 is 4.90 Å². The molecule has 1 aliphatic carbocycles. The molecular weight excluding hydrogens is 496 g/mol. The van der Waals surface area contributed by atoms with Crippen molar-refractivity contribution in [2.75, 3.05) is 31.1 Å². The van der Waals surface area contributed by atoms with Crippen molar-refractivity contribution >= 4 is 22.5 Å². The summed E-state index contributed by atoms with van der Waals surface area (Å²) in [5.74, 6) is 0. The fraction of sp³-hybridized carbons (Fsp3) is 0.256. The molecule has 2 nitrogen and oxygen atoms in total. The summed E-state index contributed by atoms with van der Waals surface area (Å²) in [5, 5.41) is 0. The van der Waals surface area contributed by atoms with E-state index < -0.39 is 0 Å². The van der Waals surface area contributed by atoms with E-state index in [-0.39, 0.29) is 0 Å². The van der Waals surface area contributed by atoms with Gasteiger partial charge in [0.1, 0.15) is 13.1 Å². The highest BCUT2D eigenvalue weighted by Gasteiger charge is 2.12. The molecule has 0 spiro atoms. The molecule has 0 heterocycles. The number of allylic oxidation sites excluding steroid dienone is 9. The van der Waals surface area contributed by atoms with Gasteiger partial charge >= 0.3 is 0 Å². The lowest BCUT2D eigenvalue weighted by Crippen LogP contribution is -2.21. The lowest BCUT2D eigenvalue weighted by Gasteiger charge is -2.21. The van der Waals surface area contributed by atoms with Crippen LogP contribution in [-0.2, 0) is 0 Å². The SMILES string of the molecule is CCN(CC)c1ccc(C(=CC=CC(=C2C=CC(=[N+](CC)CC)C=C2)c2ccc(C)cc2)c2ccc(C)cc2)cc1. The predicted molar refractivity (Wildman–Crippen MR) is 180 cm³/mol. The summed E-state index contributed by atoms with van der Waals surface area (Å²) >= 11 is 0. The van der Waals surface area contributed by atoms with E-state index in [1.807, 2.05) is 0 Å². The number of benzene rings is 3. The highest BCUT2D eigenvalue weighted by atomic mass is 15.1. The largest absolute Gasteiger partial charge is 0.372 e. The summed E-state index contributed by atoms with van der Waals surface area (Å²) in [4.78, 5) is 2.38. The number of anilines is 1. The van der Waals surface area contributed by atoms with Gasteiger partial charge in [-0.25, -0.2) is 4.58 Å². The van der Waals surface area contributed by atoms with Crippen molar-refractivity contribution in [2.24, 2.45) is 0 Å². The quantitative estimate of drug-likeness (QED) is 0.183. The Balaban J connectivity index is 1.77. The minimum absolute atomic E-state index is 1.01. The Morgan fingerprint density at radius 2 is 1.12 bits per heavy atom. The maximum atomic E-state index is 2.38. The molecule has 0 saturated carbocycles. The zero-order chi connectivity index (χ0) is 29.2. The number of hydrogen-bond donors (Lipinski definition) is 0. The van der Waals surface area contributed by atoms with E-state index in [2.05, 4.69) is 166 Å². The van der Waals surface area contributed by atoms with E-state index in [0.717, 1.165) is 26.2 Å². The summed E-state index contributed by atoms with van der Waals surface area (Å²) in [7, 11) is 0. The molecule has 0 bridgehead atoms. The molecule has 0 saturated heterocycles. The average molecular weight is 542 g/mol. The first-order chi connectivity index (χ1) is 20.0. The molecule has 0 amide bonds. The summed E-state index contributed by atoms with van der Waals surface area (Å²) < 4.78 is 2.38. The Morgan fingerprint density at radius 1 is 0.634 bits per heavy atom. The topological polar surface area (TPSA) is 6.25 Å². The third-order valence-corrected chi connectivity index (χ3v) is 7.86. The van der Waals surface area contributed by atoms with Crippen molar-refractivity contribution in [1.29, 1.82) is 0 Å². The van der Waals surface area contributed by atoms with Crippen molar-refractivity contribution in [1.82, 2.24) is 0 Å². The molecular formula is C39H45N2+. The molecule has 210 valence electrons. The third-order valence-electron chi connectivity index (χ3n) is 7.86. The summed E-state index contributed by atoms with van der Waals surface area (Å²) in [6, 6.07) is 26.7. The molecule has 0 radical (unpaired) electrons. The average Bonchev–Trinajstić information content (AvgIpc) is 3.01. The van der Waals surface area contributed by atoms with Crippen LogP contribution in [0.25, 0.3) is 11.1 Å². The van der Waals surface area contributed by atoms with Crippen molar-refractivity contribution in [3.63, 3.8) is 0 Å². The van der Waals surface area contributed by atoms with Gasteiger partial charge in [-0.1, -0.05) is 90.0 Å². The van der Waals surface area contributed by atoms with E-state index in [9.17, 15) is 0 Å². The van der Waals surface area contributed by atoms with Crippen LogP contribution in [0.4, 0.5) is 5.69 Å². The summed E-state index contributed by atoms with van der Waals surface area (Å²) in [5.41, 5.74) is 12.4. The first-order valence-electron chi connectivity index (χ1n) is 15.1. The highest BCUT2D eigenvalue weighted by molar-refractivity contribution is 6.03. The van der Waals surface area contributed by atoms with Crippen LogP contribution in [0.15, 0.2) is 121 Å². The summed E-state index contributed by atoms with van der Waals surface area (Å²) in [6.07, 6.45) is 15.7. The lowest BCUT2D eigenvalue weighted by atomic mass is 9.94. The Morgan fingerprint density at radius 3 is 1.61 bits per heavy atom. The van der Waals surface area contributed by atoms with E-state index in [4.69, 9.17) is 0 Å². The van der Waals surface area contributed by atoms with Crippen molar-refractivity contribution in [3.8, 4) is 0 Å². The zero-order valence-electron chi connectivity index (χ0n) is 25.7. The molecule has 3 aromatic carbocycles. The Bertz CT molecular complexity index is 1460. The maximum Gasteiger partial charge on any atom is 0.199 e. The number of rotatable bonds is 10. The molecule has 2 heteroatoms. The van der Waals surface area contributed by atoms with Crippen LogP contribution in [0.5, 0.6) is 0 Å². The Labute approximate surface area is 248 Å². The molecule has 41 heavy (non-hydrogen) atoms. The van der Waals surface area contributed by atoms with Gasteiger partial charge in [-0.15, -0.1) is 0 Å². The molecule has 0 N–H and O–H groups in total. The lowest BCUT2D eigenvalue weighted by molar-refractivity contribution is -0.519. The number of hydrogen-bond acceptors (Lipinski definition) is 1. The van der Waals surface area contributed by atoms with E-state index >= 15 is 0 Å². The van der Waals surface area contributed by atoms with Crippen LogP contribution in [-0.4, -0.2) is 36.5 Å². The molecule has 0 aromatic heterocycles. The van der Waals surface area contributed by atoms with Gasteiger partial charge in [-0.2, -0.15) is 0 Å². The van der Waals surface area contributed by atoms with Crippen LogP contribution in [0.2, 0.25) is 0 Å². The molecule has 3 aromatic rings. The van der Waals surface area contributed by atoms with E-state index in [0.29, 0.717) is 0 Å². The first kappa shape index (κ1) is 29.8. The van der Waals surface area contributed by atoms with Gasteiger partial charge < -0.3 is 4.90 Å². The molecule has 1 aliphatic rings. The van der Waals surface area contributed by atoms with Crippen molar-refractivity contribution in [2.45, 2.75) is 41.5 Å². The zero-order valence-corrected chi connectivity index (χ0v) is 25.7. The van der Waals surface area contributed by atoms with Crippen LogP contribution in [0, 0.1) is 13.8 Å². The minimum Gasteiger partial charge on any atom is -0.372 e. The van der Waals surface area contributed by atoms with E-state index in [1.54, 1.807) is 0 Å². The number of nitrogens with zero attached hydrogens (tertiary/aromatic N) is 2. The predicted octanol–water partition coefficient (Wildman–Crippen LogP) is 9.21. The fourth-order valence-corrected chi connectivity index (χ4v) is 5.31. The van der Waals surface area contributed by atoms with Gasteiger partial charge in [-0.3, -0.25) is 0 Å². The first-order valence-corrected chi connectivity index (χ1v) is 15.1. The van der Waals surface area contributed by atoms with E-state index in [1.165, 1.54) is 55.9 Å². The monoisotopic (exact) mass is 541 g/mol. The van der Waals surface area contributed by atoms with Crippen molar-refractivity contribution < 1.29 is 4.58 Å². The second-order valence-corrected chi connectivity index (χ2v) is 10.5. The Hall–Kier alpha value is -4.17. The molecule has 0 fully saturated rings. The number of aryl methyl sites for hydroxylation is 2. The van der Waals surface area contributed by atoms with Crippen molar-refractivity contribution in [3.05, 3.63) is 149 Å². The third kappa shape index (κ3) is 7.52.